The minimum atomic E-state index is -0.845. The Morgan fingerprint density at radius 2 is 2.17 bits per heavy atom. The smallest absolute Gasteiger partial charge is 0.175 e. The van der Waals surface area contributed by atoms with E-state index in [2.05, 4.69) is 0 Å². The molecule has 1 aromatic carbocycles. The van der Waals surface area contributed by atoms with Gasteiger partial charge >= 0.3 is 0 Å². The highest BCUT2D eigenvalue weighted by atomic mass is 127. The van der Waals surface area contributed by atoms with Gasteiger partial charge in [-0.05, 0) is 41.6 Å². The zero-order chi connectivity index (χ0) is 9.30. The summed E-state index contributed by atoms with van der Waals surface area (Å²) < 4.78 is 13.6. The maximum Gasteiger partial charge on any atom is 0.175 e. The lowest BCUT2D eigenvalue weighted by atomic mass is 10.1. The molecule has 4 heteroatoms. The van der Waals surface area contributed by atoms with E-state index in [1.807, 2.05) is 22.6 Å². The molecule has 1 rings (SSSR count). The van der Waals surface area contributed by atoms with Crippen molar-refractivity contribution in [2.45, 2.75) is 6.92 Å². The summed E-state index contributed by atoms with van der Waals surface area (Å²) in [5.74, 6) is -1.71. The molecule has 0 aliphatic rings. The summed E-state index contributed by atoms with van der Waals surface area (Å²) in [5.41, 5.74) is -0.0700. The van der Waals surface area contributed by atoms with E-state index in [0.29, 0.717) is 3.57 Å². The zero-order valence-corrected chi connectivity index (χ0v) is 8.42. The fourth-order valence-corrected chi connectivity index (χ4v) is 1.44. The second kappa shape index (κ2) is 3.38. The molecule has 0 aromatic heterocycles. The largest absolute Gasteiger partial charge is 0.505 e. The van der Waals surface area contributed by atoms with Crippen molar-refractivity contribution in [2.75, 3.05) is 0 Å². The first-order chi connectivity index (χ1) is 5.52. The minimum absolute atomic E-state index is 0.0700. The maximum atomic E-state index is 13.0. The minimum Gasteiger partial charge on any atom is -0.505 e. The zero-order valence-electron chi connectivity index (χ0n) is 6.27. The summed E-state index contributed by atoms with van der Waals surface area (Å²) >= 11 is 1.90. The van der Waals surface area contributed by atoms with Gasteiger partial charge in [0.2, 0.25) is 0 Å². The van der Waals surface area contributed by atoms with Crippen LogP contribution in [0.5, 0.6) is 5.75 Å². The van der Waals surface area contributed by atoms with Gasteiger partial charge in [-0.15, -0.1) is 0 Å². The van der Waals surface area contributed by atoms with Gasteiger partial charge in [0.25, 0.3) is 0 Å². The van der Waals surface area contributed by atoms with E-state index in [9.17, 15) is 9.18 Å². The van der Waals surface area contributed by atoms with Gasteiger partial charge in [-0.25, -0.2) is 4.39 Å². The first-order valence-electron chi connectivity index (χ1n) is 3.21. The van der Waals surface area contributed by atoms with E-state index < -0.39 is 11.6 Å². The quantitative estimate of drug-likeness (QED) is 0.633. The average molecular weight is 280 g/mol. The van der Waals surface area contributed by atoms with Gasteiger partial charge in [0.1, 0.15) is 0 Å². The summed E-state index contributed by atoms with van der Waals surface area (Å²) in [7, 11) is 0. The van der Waals surface area contributed by atoms with Crippen molar-refractivity contribution in [2.24, 2.45) is 0 Å². The number of halogens is 2. The fraction of sp³-hybridized carbons (Fsp3) is 0.125. The molecule has 0 bridgehead atoms. The molecule has 0 spiro atoms. The number of aromatic hydroxyl groups is 1. The number of ketones is 1. The maximum absolute atomic E-state index is 13.0. The highest BCUT2D eigenvalue weighted by molar-refractivity contribution is 14.1. The van der Waals surface area contributed by atoms with E-state index in [0.717, 1.165) is 0 Å². The number of carbonyl (C=O) groups excluding carboxylic acids is 1. The molecular weight excluding hydrogens is 274 g/mol. The standard InChI is InChI=1S/C8H6FIO2/c1-4(11)6-2-5(10)3-7(12)8(6)9/h2-3,12H,1H3. The fourth-order valence-electron chi connectivity index (χ4n) is 0.831. The van der Waals surface area contributed by atoms with Crippen molar-refractivity contribution < 1.29 is 14.3 Å². The normalized spacial score (nSPS) is 9.92. The molecule has 0 fully saturated rings. The monoisotopic (exact) mass is 280 g/mol. The average Bonchev–Trinajstić information content (AvgIpc) is 1.96. The van der Waals surface area contributed by atoms with E-state index in [-0.39, 0.29) is 11.3 Å². The van der Waals surface area contributed by atoms with Crippen LogP contribution in [0.25, 0.3) is 0 Å². The molecule has 1 N–H and O–H groups in total. The van der Waals surface area contributed by atoms with Crippen LogP contribution in [0.4, 0.5) is 4.39 Å². The Hall–Kier alpha value is -0.650. The topological polar surface area (TPSA) is 37.3 Å². The Morgan fingerprint density at radius 1 is 1.58 bits per heavy atom. The Morgan fingerprint density at radius 3 is 2.67 bits per heavy atom. The molecule has 1 aromatic rings. The lowest BCUT2D eigenvalue weighted by molar-refractivity contribution is 0.101. The molecule has 0 saturated heterocycles. The van der Waals surface area contributed by atoms with E-state index >= 15 is 0 Å². The number of carbonyl (C=O) groups is 1. The molecule has 0 heterocycles. The SMILES string of the molecule is CC(=O)c1cc(I)cc(O)c1F. The number of rotatable bonds is 1. The summed E-state index contributed by atoms with van der Waals surface area (Å²) in [4.78, 5) is 10.8. The van der Waals surface area contributed by atoms with Crippen molar-refractivity contribution in [1.29, 1.82) is 0 Å². The summed E-state index contributed by atoms with van der Waals surface area (Å²) in [6.07, 6.45) is 0. The lowest BCUT2D eigenvalue weighted by Gasteiger charge is -2.01. The number of hydrogen-bond donors (Lipinski definition) is 1. The van der Waals surface area contributed by atoms with Gasteiger partial charge in [-0.1, -0.05) is 0 Å². The van der Waals surface area contributed by atoms with Gasteiger partial charge in [0, 0.05) is 3.57 Å². The molecule has 12 heavy (non-hydrogen) atoms. The Kier molecular flexibility index (Phi) is 2.66. The Bertz CT molecular complexity index is 336. The van der Waals surface area contributed by atoms with Gasteiger partial charge in [0.15, 0.2) is 17.3 Å². The van der Waals surface area contributed by atoms with Crippen LogP contribution in [0.3, 0.4) is 0 Å². The second-order valence-electron chi connectivity index (χ2n) is 2.34. The predicted molar refractivity (Wildman–Crippen MR) is 50.8 cm³/mol. The van der Waals surface area contributed by atoms with Gasteiger partial charge in [0.05, 0.1) is 5.56 Å². The summed E-state index contributed by atoms with van der Waals surface area (Å²) in [6, 6.07) is 2.67. The van der Waals surface area contributed by atoms with Crippen LogP contribution >= 0.6 is 22.6 Å². The molecule has 0 unspecified atom stereocenters. The highest BCUT2D eigenvalue weighted by Gasteiger charge is 2.12. The van der Waals surface area contributed by atoms with Gasteiger partial charge in [-0.3, -0.25) is 4.79 Å². The molecular formula is C8H6FIO2. The second-order valence-corrected chi connectivity index (χ2v) is 3.59. The van der Waals surface area contributed by atoms with Gasteiger partial charge < -0.3 is 5.11 Å². The molecule has 64 valence electrons. The predicted octanol–water partition coefficient (Wildman–Crippen LogP) is 2.34. The number of hydrogen-bond acceptors (Lipinski definition) is 2. The third kappa shape index (κ3) is 1.74. The van der Waals surface area contributed by atoms with Crippen molar-refractivity contribution in [3.05, 3.63) is 27.1 Å². The molecule has 0 amide bonds. The van der Waals surface area contributed by atoms with E-state index in [4.69, 9.17) is 5.11 Å². The Labute approximate surface area is 82.5 Å². The molecule has 2 nitrogen and oxygen atoms in total. The van der Waals surface area contributed by atoms with Crippen LogP contribution in [0.1, 0.15) is 17.3 Å². The third-order valence-corrected chi connectivity index (χ3v) is 2.02. The molecule has 0 atom stereocenters. The van der Waals surface area contributed by atoms with Crippen molar-refractivity contribution in [1.82, 2.24) is 0 Å². The van der Waals surface area contributed by atoms with E-state index in [1.54, 1.807) is 0 Å². The first kappa shape index (κ1) is 9.44. The molecule has 0 aliphatic heterocycles. The van der Waals surface area contributed by atoms with Crippen molar-refractivity contribution in [3.63, 3.8) is 0 Å². The van der Waals surface area contributed by atoms with Crippen molar-refractivity contribution in [3.8, 4) is 5.75 Å². The van der Waals surface area contributed by atoms with Crippen LogP contribution in [-0.2, 0) is 0 Å². The van der Waals surface area contributed by atoms with Crippen LogP contribution < -0.4 is 0 Å². The molecule has 0 radical (unpaired) electrons. The number of Topliss-reactive ketones (excluding diaryl/α,β-unsaturated/α-hetero) is 1. The number of phenols is 1. The summed E-state index contributed by atoms with van der Waals surface area (Å²) in [5, 5.41) is 9.00. The highest BCUT2D eigenvalue weighted by Crippen LogP contribution is 2.22. The molecule has 0 aliphatic carbocycles. The van der Waals surface area contributed by atoms with Crippen LogP contribution in [-0.4, -0.2) is 10.9 Å². The molecule has 0 saturated carbocycles. The summed E-state index contributed by atoms with van der Waals surface area (Å²) in [6.45, 7) is 1.26. The van der Waals surface area contributed by atoms with Crippen LogP contribution in [0.15, 0.2) is 12.1 Å². The third-order valence-electron chi connectivity index (χ3n) is 1.40. The van der Waals surface area contributed by atoms with Crippen molar-refractivity contribution >= 4 is 28.4 Å². The number of phenolic OH excluding ortho intramolecular Hbond substituents is 1. The van der Waals surface area contributed by atoms with Gasteiger partial charge in [-0.2, -0.15) is 0 Å². The lowest BCUT2D eigenvalue weighted by Crippen LogP contribution is -1.97. The first-order valence-corrected chi connectivity index (χ1v) is 4.29. The Balaban J connectivity index is 3.37. The number of benzene rings is 1. The van der Waals surface area contributed by atoms with Crippen LogP contribution in [0.2, 0.25) is 0 Å². The van der Waals surface area contributed by atoms with E-state index in [1.165, 1.54) is 19.1 Å². The van der Waals surface area contributed by atoms with Crippen LogP contribution in [0, 0.1) is 9.39 Å².